The molecule has 0 bridgehead atoms. The van der Waals surface area contributed by atoms with Crippen molar-refractivity contribution < 1.29 is 17.9 Å². The van der Waals surface area contributed by atoms with Gasteiger partial charge in [-0.15, -0.1) is 0 Å². The number of hydrogen-bond acceptors (Lipinski definition) is 5. The van der Waals surface area contributed by atoms with Crippen molar-refractivity contribution in [3.63, 3.8) is 0 Å². The largest absolute Gasteiger partial charge is 0.459 e. The van der Waals surface area contributed by atoms with E-state index in [0.717, 1.165) is 0 Å². The molecule has 0 radical (unpaired) electrons. The van der Waals surface area contributed by atoms with Gasteiger partial charge in [-0.25, -0.2) is 0 Å². The van der Waals surface area contributed by atoms with E-state index in [1.165, 1.54) is 13.8 Å². The fourth-order valence-corrected chi connectivity index (χ4v) is 0.507. The van der Waals surface area contributed by atoms with Crippen molar-refractivity contribution in [1.29, 1.82) is 0 Å². The van der Waals surface area contributed by atoms with Crippen LogP contribution in [0.2, 0.25) is 0 Å². The van der Waals surface area contributed by atoms with E-state index in [-0.39, 0.29) is 11.5 Å². The molecule has 0 aromatic rings. The lowest BCUT2D eigenvalue weighted by Gasteiger charge is -2.04. The van der Waals surface area contributed by atoms with Crippen LogP contribution in [0.15, 0.2) is 0 Å². The predicted molar refractivity (Wildman–Crippen MR) is 44.2 cm³/mol. The zero-order valence-corrected chi connectivity index (χ0v) is 7.72. The Kier molecular flexibility index (Phi) is 4.53. The van der Waals surface area contributed by atoms with Crippen LogP contribution in [0, 0.1) is 0 Å². The van der Waals surface area contributed by atoms with Crippen LogP contribution in [-0.2, 0) is 19.8 Å². The Morgan fingerprint density at radius 3 is 2.42 bits per heavy atom. The molecule has 0 aliphatic rings. The van der Waals surface area contributed by atoms with Crippen molar-refractivity contribution in [3.8, 4) is 0 Å². The van der Waals surface area contributed by atoms with Crippen molar-refractivity contribution in [1.82, 2.24) is 0 Å². The van der Waals surface area contributed by atoms with E-state index in [1.54, 1.807) is 0 Å². The molecule has 0 aromatic carbocycles. The molecule has 0 aliphatic carbocycles. The number of rotatable bonds is 3. The van der Waals surface area contributed by atoms with Crippen LogP contribution >= 0.6 is 0 Å². The fraction of sp³-hybridized carbons (Fsp3) is 0.667. The second-order valence-corrected chi connectivity index (χ2v) is 3.50. The van der Waals surface area contributed by atoms with E-state index in [9.17, 15) is 13.2 Å². The van der Waals surface area contributed by atoms with E-state index in [1.807, 2.05) is 0 Å². The Labute approximate surface area is 72.0 Å². The summed E-state index contributed by atoms with van der Waals surface area (Å²) in [5.74, 6) is -0.611. The molecule has 0 aliphatic heterocycles. The minimum Gasteiger partial charge on any atom is -0.459 e. The van der Waals surface area contributed by atoms with Crippen LogP contribution in [0.4, 0.5) is 0 Å². The molecule has 0 aromatic heterocycles. The highest BCUT2D eigenvalue weighted by Crippen LogP contribution is 1.84. The van der Waals surface area contributed by atoms with E-state index in [4.69, 9.17) is 5.73 Å². The SMILES string of the molecule is CC(COC(=O)[C@H](C)N)=S(=O)=O. The number of carbonyl (C=O) groups excluding carboxylic acids is 1. The number of esters is 1. The standard InChI is InChI=1S/C6H11NO4S/c1-4(12(9)10)3-11-6(8)5(2)7/h5H,3,7H2,1-2H3/t5-/m0/s1. The summed E-state index contributed by atoms with van der Waals surface area (Å²) < 4.78 is 25.0. The van der Waals surface area contributed by atoms with Crippen molar-refractivity contribution in [2.24, 2.45) is 5.73 Å². The Morgan fingerprint density at radius 2 is 2.08 bits per heavy atom. The Hall–Kier alpha value is -0.880. The normalized spacial score (nSPS) is 11.9. The summed E-state index contributed by atoms with van der Waals surface area (Å²) >= 11 is 0. The molecule has 1 atom stereocenters. The molecule has 12 heavy (non-hydrogen) atoms. The van der Waals surface area contributed by atoms with Crippen molar-refractivity contribution in [3.05, 3.63) is 0 Å². The van der Waals surface area contributed by atoms with Crippen LogP contribution in [-0.4, -0.2) is 31.9 Å². The minimum absolute atomic E-state index is 0.0731. The second-order valence-electron chi connectivity index (χ2n) is 2.33. The van der Waals surface area contributed by atoms with Gasteiger partial charge in [-0.3, -0.25) is 4.79 Å². The van der Waals surface area contributed by atoms with Gasteiger partial charge < -0.3 is 10.5 Å². The van der Waals surface area contributed by atoms with Crippen LogP contribution in [0.25, 0.3) is 0 Å². The molecule has 5 nitrogen and oxygen atoms in total. The summed E-state index contributed by atoms with van der Waals surface area (Å²) in [4.78, 5) is 10.8. The van der Waals surface area contributed by atoms with Gasteiger partial charge >= 0.3 is 5.97 Å². The van der Waals surface area contributed by atoms with Gasteiger partial charge in [-0.05, 0) is 13.8 Å². The lowest BCUT2D eigenvalue weighted by Crippen LogP contribution is -2.30. The summed E-state index contributed by atoms with van der Waals surface area (Å²) in [5.41, 5.74) is 5.16. The third kappa shape index (κ3) is 4.09. The number of ether oxygens (including phenoxy) is 1. The van der Waals surface area contributed by atoms with Gasteiger partial charge in [0.25, 0.3) is 0 Å². The maximum absolute atomic E-state index is 10.7. The maximum atomic E-state index is 10.7. The molecule has 0 unspecified atom stereocenters. The first kappa shape index (κ1) is 11.1. The van der Waals surface area contributed by atoms with Crippen LogP contribution in [0.1, 0.15) is 13.8 Å². The summed E-state index contributed by atoms with van der Waals surface area (Å²) in [5, 5.41) is 0. The monoisotopic (exact) mass is 193 g/mol. The van der Waals surface area contributed by atoms with Crippen molar-refractivity contribution in [2.45, 2.75) is 19.9 Å². The van der Waals surface area contributed by atoms with Crippen LogP contribution in [0.5, 0.6) is 0 Å². The van der Waals surface area contributed by atoms with E-state index in [0.29, 0.717) is 0 Å². The highest BCUT2D eigenvalue weighted by atomic mass is 32.2. The van der Waals surface area contributed by atoms with Gasteiger partial charge in [0, 0.05) is 0 Å². The molecule has 2 N–H and O–H groups in total. The maximum Gasteiger partial charge on any atom is 0.322 e. The first-order valence-corrected chi connectivity index (χ1v) is 4.36. The zero-order chi connectivity index (χ0) is 9.72. The average molecular weight is 193 g/mol. The van der Waals surface area contributed by atoms with Gasteiger partial charge in [0.2, 0.25) is 10.3 Å². The lowest BCUT2D eigenvalue weighted by atomic mass is 10.4. The summed E-state index contributed by atoms with van der Waals surface area (Å²) in [6.07, 6.45) is 0. The predicted octanol–water partition coefficient (Wildman–Crippen LogP) is -1.05. The smallest absolute Gasteiger partial charge is 0.322 e. The summed E-state index contributed by atoms with van der Waals surface area (Å²) in [6, 6.07) is -0.724. The molecule has 0 fully saturated rings. The highest BCUT2D eigenvalue weighted by Gasteiger charge is 2.08. The summed E-state index contributed by atoms with van der Waals surface area (Å²) in [6.45, 7) is 2.60. The van der Waals surface area contributed by atoms with Gasteiger partial charge in [0.05, 0.1) is 4.86 Å². The highest BCUT2D eigenvalue weighted by molar-refractivity contribution is 7.73. The minimum atomic E-state index is -2.29. The topological polar surface area (TPSA) is 86.5 Å². The molecule has 0 rings (SSSR count). The van der Waals surface area contributed by atoms with Gasteiger partial charge in [-0.1, -0.05) is 0 Å². The Balaban J connectivity index is 4.03. The number of nitrogens with two attached hydrogens (primary N) is 1. The third-order valence-corrected chi connectivity index (χ3v) is 1.76. The van der Waals surface area contributed by atoms with E-state index in [2.05, 4.69) is 4.74 Å². The number of hydrogen-bond donors (Lipinski definition) is 1. The average Bonchev–Trinajstić information content (AvgIpc) is 1.98. The van der Waals surface area contributed by atoms with Gasteiger partial charge in [-0.2, -0.15) is 8.42 Å². The molecule has 0 heterocycles. The van der Waals surface area contributed by atoms with Gasteiger partial charge in [0.1, 0.15) is 12.6 Å². The van der Waals surface area contributed by atoms with Gasteiger partial charge in [0.15, 0.2) is 0 Å². The molecule has 0 amide bonds. The molecule has 0 spiro atoms. The van der Waals surface area contributed by atoms with E-state index >= 15 is 0 Å². The third-order valence-electron chi connectivity index (χ3n) is 1.07. The Bertz CT molecular complexity index is 283. The van der Waals surface area contributed by atoms with Crippen LogP contribution in [0.3, 0.4) is 0 Å². The van der Waals surface area contributed by atoms with Crippen LogP contribution < -0.4 is 5.73 Å². The quantitative estimate of drug-likeness (QED) is 0.456. The fourth-order valence-electron chi connectivity index (χ4n) is 0.352. The van der Waals surface area contributed by atoms with E-state index < -0.39 is 22.3 Å². The second kappa shape index (κ2) is 4.89. The Morgan fingerprint density at radius 1 is 1.58 bits per heavy atom. The zero-order valence-electron chi connectivity index (χ0n) is 6.90. The molecule has 70 valence electrons. The molecule has 0 saturated heterocycles. The first-order valence-electron chi connectivity index (χ1n) is 3.29. The number of carbonyl (C=O) groups is 1. The van der Waals surface area contributed by atoms with Crippen molar-refractivity contribution in [2.75, 3.05) is 6.61 Å². The first-order chi connectivity index (χ1) is 5.45. The van der Waals surface area contributed by atoms with Crippen molar-refractivity contribution >= 4 is 21.1 Å². The molecule has 6 heteroatoms. The molecular formula is C6H11NO4S. The summed E-state index contributed by atoms with van der Waals surface area (Å²) in [7, 11) is -2.29. The lowest BCUT2D eigenvalue weighted by molar-refractivity contribution is -0.142. The molecule has 0 saturated carbocycles. The molecular weight excluding hydrogens is 182 g/mol.